The van der Waals surface area contributed by atoms with Crippen LogP contribution in [0.5, 0.6) is 5.75 Å². The van der Waals surface area contributed by atoms with Crippen LogP contribution in [-0.2, 0) is 11.3 Å². The van der Waals surface area contributed by atoms with E-state index in [-0.39, 0.29) is 19.1 Å². The predicted octanol–water partition coefficient (Wildman–Crippen LogP) is 4.40. The molecule has 1 amide bonds. The lowest BCUT2D eigenvalue weighted by Gasteiger charge is -2.23. The lowest BCUT2D eigenvalue weighted by atomic mass is 10.2. The monoisotopic (exact) mass is 491 g/mol. The molecule has 0 atom stereocenters. The van der Waals surface area contributed by atoms with Crippen molar-refractivity contribution < 1.29 is 14.1 Å². The Morgan fingerprint density at radius 2 is 1.86 bits per heavy atom. The van der Waals surface area contributed by atoms with Crippen LogP contribution in [-0.4, -0.2) is 34.1 Å². The highest BCUT2D eigenvalue weighted by Crippen LogP contribution is 2.17. The highest BCUT2D eigenvalue weighted by atomic mass is 127. The van der Waals surface area contributed by atoms with Crippen LogP contribution in [0, 0.1) is 9.49 Å². The van der Waals surface area contributed by atoms with Crippen molar-refractivity contribution in [3.8, 4) is 17.1 Å². The van der Waals surface area contributed by atoms with E-state index >= 15 is 0 Å². The maximum Gasteiger partial charge on any atom is 0.260 e. The van der Waals surface area contributed by atoms with E-state index in [0.717, 1.165) is 9.13 Å². The molecule has 1 aromatic heterocycles. The summed E-state index contributed by atoms with van der Waals surface area (Å²) in [5.74, 6) is 1.78. The summed E-state index contributed by atoms with van der Waals surface area (Å²) in [4.78, 5) is 18.8. The summed E-state index contributed by atoms with van der Waals surface area (Å²) < 4.78 is 12.1. The molecular weight excluding hydrogens is 469 g/mol. The van der Waals surface area contributed by atoms with Crippen LogP contribution in [0.15, 0.2) is 59.1 Å². The maximum atomic E-state index is 12.7. The van der Waals surface area contributed by atoms with Gasteiger partial charge in [0.25, 0.3) is 5.91 Å². The molecule has 0 aliphatic carbocycles. The third-order valence-corrected chi connectivity index (χ3v) is 4.66. The average Bonchev–Trinajstić information content (AvgIpc) is 3.16. The van der Waals surface area contributed by atoms with Crippen molar-refractivity contribution in [2.24, 2.45) is 5.92 Å². The molecule has 7 heteroatoms. The van der Waals surface area contributed by atoms with Gasteiger partial charge in [-0.1, -0.05) is 49.3 Å². The Labute approximate surface area is 178 Å². The highest BCUT2D eigenvalue weighted by Gasteiger charge is 2.20. The molecule has 0 unspecified atom stereocenters. The number of carbonyl (C=O) groups excluding carboxylic acids is 1. The van der Waals surface area contributed by atoms with E-state index in [1.807, 2.05) is 54.6 Å². The van der Waals surface area contributed by atoms with Crippen molar-refractivity contribution in [2.45, 2.75) is 20.4 Å². The van der Waals surface area contributed by atoms with Gasteiger partial charge in [0.1, 0.15) is 12.3 Å². The van der Waals surface area contributed by atoms with E-state index in [4.69, 9.17) is 9.26 Å². The standard InChI is InChI=1S/C21H22IN3O3/c1-15(2)12-25(20(26)14-27-18-10-8-17(22)9-11-18)13-19-23-21(24-28-19)16-6-4-3-5-7-16/h3-11,15H,12-14H2,1-2H3. The number of hydrogen-bond acceptors (Lipinski definition) is 5. The Morgan fingerprint density at radius 1 is 1.14 bits per heavy atom. The van der Waals surface area contributed by atoms with E-state index in [1.54, 1.807) is 4.90 Å². The number of ether oxygens (including phenoxy) is 1. The molecule has 0 radical (unpaired) electrons. The van der Waals surface area contributed by atoms with Gasteiger partial charge in [-0.15, -0.1) is 0 Å². The molecule has 0 aliphatic heterocycles. The molecule has 1 heterocycles. The lowest BCUT2D eigenvalue weighted by molar-refractivity contribution is -0.134. The van der Waals surface area contributed by atoms with Crippen LogP contribution in [0.2, 0.25) is 0 Å². The third-order valence-electron chi connectivity index (χ3n) is 3.94. The van der Waals surface area contributed by atoms with Gasteiger partial charge in [-0.3, -0.25) is 4.79 Å². The third kappa shape index (κ3) is 5.79. The minimum absolute atomic E-state index is 0.0347. The molecule has 3 aromatic rings. The minimum atomic E-state index is -0.119. The topological polar surface area (TPSA) is 68.5 Å². The zero-order valence-electron chi connectivity index (χ0n) is 15.8. The van der Waals surface area contributed by atoms with Crippen LogP contribution in [0.4, 0.5) is 0 Å². The highest BCUT2D eigenvalue weighted by molar-refractivity contribution is 14.1. The first-order valence-electron chi connectivity index (χ1n) is 9.05. The number of rotatable bonds is 8. The Hall–Kier alpha value is -2.42. The van der Waals surface area contributed by atoms with Crippen molar-refractivity contribution in [1.29, 1.82) is 0 Å². The van der Waals surface area contributed by atoms with Crippen LogP contribution in [0.1, 0.15) is 19.7 Å². The van der Waals surface area contributed by atoms with Gasteiger partial charge in [-0.2, -0.15) is 4.98 Å². The fraction of sp³-hybridized carbons (Fsp3) is 0.286. The largest absolute Gasteiger partial charge is 0.484 e. The second-order valence-electron chi connectivity index (χ2n) is 6.79. The van der Waals surface area contributed by atoms with Crippen molar-refractivity contribution in [3.63, 3.8) is 0 Å². The fourth-order valence-electron chi connectivity index (χ4n) is 2.65. The molecule has 2 aromatic carbocycles. The van der Waals surface area contributed by atoms with E-state index in [2.05, 4.69) is 46.6 Å². The molecule has 146 valence electrons. The maximum absolute atomic E-state index is 12.7. The number of benzene rings is 2. The van der Waals surface area contributed by atoms with Gasteiger partial charge < -0.3 is 14.2 Å². The van der Waals surface area contributed by atoms with E-state index < -0.39 is 0 Å². The van der Waals surface area contributed by atoms with Crippen LogP contribution < -0.4 is 4.74 Å². The zero-order valence-corrected chi connectivity index (χ0v) is 18.0. The lowest BCUT2D eigenvalue weighted by Crippen LogP contribution is -2.37. The number of hydrogen-bond donors (Lipinski definition) is 0. The quantitative estimate of drug-likeness (QED) is 0.437. The number of aromatic nitrogens is 2. The van der Waals surface area contributed by atoms with Crippen LogP contribution in [0.25, 0.3) is 11.4 Å². The summed E-state index contributed by atoms with van der Waals surface area (Å²) >= 11 is 2.23. The summed E-state index contributed by atoms with van der Waals surface area (Å²) in [7, 11) is 0. The predicted molar refractivity (Wildman–Crippen MR) is 115 cm³/mol. The molecule has 0 fully saturated rings. The van der Waals surface area contributed by atoms with E-state index in [9.17, 15) is 4.79 Å². The second kappa shape index (κ2) is 9.68. The van der Waals surface area contributed by atoms with E-state index in [0.29, 0.717) is 29.9 Å². The molecule has 0 N–H and O–H groups in total. The summed E-state index contributed by atoms with van der Waals surface area (Å²) in [5, 5.41) is 4.02. The summed E-state index contributed by atoms with van der Waals surface area (Å²) in [6, 6.07) is 17.2. The molecule has 28 heavy (non-hydrogen) atoms. The first-order chi connectivity index (χ1) is 13.5. The van der Waals surface area contributed by atoms with Gasteiger partial charge in [0.05, 0.1) is 0 Å². The average molecular weight is 491 g/mol. The van der Waals surface area contributed by atoms with Gasteiger partial charge >= 0.3 is 0 Å². The van der Waals surface area contributed by atoms with Crippen LogP contribution >= 0.6 is 22.6 Å². The number of halogens is 1. The molecule has 0 saturated heterocycles. The SMILES string of the molecule is CC(C)CN(Cc1nc(-c2ccccc2)no1)C(=O)COc1ccc(I)cc1. The van der Waals surface area contributed by atoms with Crippen molar-refractivity contribution >= 4 is 28.5 Å². The van der Waals surface area contributed by atoms with Crippen molar-refractivity contribution in [1.82, 2.24) is 15.0 Å². The molecular formula is C21H22IN3O3. The Morgan fingerprint density at radius 3 is 2.54 bits per heavy atom. The van der Waals surface area contributed by atoms with Crippen LogP contribution in [0.3, 0.4) is 0 Å². The smallest absolute Gasteiger partial charge is 0.260 e. The number of nitrogens with zero attached hydrogens (tertiary/aromatic N) is 3. The first kappa shape index (κ1) is 20.3. The van der Waals surface area contributed by atoms with E-state index in [1.165, 1.54) is 0 Å². The molecule has 3 rings (SSSR count). The normalized spacial score (nSPS) is 10.9. The zero-order chi connectivity index (χ0) is 19.9. The van der Waals surface area contributed by atoms with Gasteiger partial charge in [0.15, 0.2) is 6.61 Å². The summed E-state index contributed by atoms with van der Waals surface area (Å²) in [5.41, 5.74) is 0.876. The molecule has 0 bridgehead atoms. The fourth-order valence-corrected chi connectivity index (χ4v) is 3.01. The molecule has 0 spiro atoms. The Kier molecular flexibility index (Phi) is 7.02. The van der Waals surface area contributed by atoms with Gasteiger partial charge in [-0.05, 0) is 52.8 Å². The van der Waals surface area contributed by atoms with Gasteiger partial charge in [-0.25, -0.2) is 0 Å². The minimum Gasteiger partial charge on any atom is -0.484 e. The summed E-state index contributed by atoms with van der Waals surface area (Å²) in [6.07, 6.45) is 0. The Balaban J connectivity index is 1.65. The van der Waals surface area contributed by atoms with Gasteiger partial charge in [0, 0.05) is 15.7 Å². The van der Waals surface area contributed by atoms with Crippen molar-refractivity contribution in [3.05, 3.63) is 64.1 Å². The molecule has 0 aliphatic rings. The van der Waals surface area contributed by atoms with Crippen molar-refractivity contribution in [2.75, 3.05) is 13.2 Å². The summed E-state index contributed by atoms with van der Waals surface area (Å²) in [6.45, 7) is 4.92. The molecule has 6 nitrogen and oxygen atoms in total. The molecule has 0 saturated carbocycles. The number of amides is 1. The Bertz CT molecular complexity index is 895. The second-order valence-corrected chi connectivity index (χ2v) is 8.03. The first-order valence-corrected chi connectivity index (χ1v) is 10.1. The van der Waals surface area contributed by atoms with Gasteiger partial charge in [0.2, 0.25) is 11.7 Å². The number of carbonyl (C=O) groups is 1.